The van der Waals surface area contributed by atoms with Crippen LogP contribution >= 0.6 is 11.3 Å². The second-order valence-electron chi connectivity index (χ2n) is 5.63. The third kappa shape index (κ3) is 4.63. The molecular formula is C19H19N5O3S. The van der Waals surface area contributed by atoms with Gasteiger partial charge in [0.1, 0.15) is 12.8 Å². The number of rotatable bonds is 9. The maximum atomic E-state index is 12.4. The topological polar surface area (TPSA) is 105 Å². The van der Waals surface area contributed by atoms with Gasteiger partial charge in [-0.2, -0.15) is 0 Å². The van der Waals surface area contributed by atoms with Crippen LogP contribution < -0.4 is 16.0 Å². The van der Waals surface area contributed by atoms with E-state index in [0.29, 0.717) is 30.3 Å². The summed E-state index contributed by atoms with van der Waals surface area (Å²) in [7, 11) is 1.35. The highest BCUT2D eigenvalue weighted by atomic mass is 32.1. The van der Waals surface area contributed by atoms with Gasteiger partial charge >= 0.3 is 0 Å². The van der Waals surface area contributed by atoms with Gasteiger partial charge in [-0.25, -0.2) is 4.98 Å². The molecule has 144 valence electrons. The first-order chi connectivity index (χ1) is 13.7. The summed E-state index contributed by atoms with van der Waals surface area (Å²) in [6.07, 6.45) is 0.523. The quantitative estimate of drug-likeness (QED) is 0.223. The van der Waals surface area contributed by atoms with Gasteiger partial charge in [0, 0.05) is 29.5 Å². The normalized spacial score (nSPS) is 11.1. The van der Waals surface area contributed by atoms with Gasteiger partial charge < -0.3 is 20.8 Å². The molecule has 0 saturated carbocycles. The van der Waals surface area contributed by atoms with E-state index in [4.69, 9.17) is 4.84 Å². The fraction of sp³-hybridized carbons (Fsp3) is 0.158. The first-order valence-corrected chi connectivity index (χ1v) is 9.38. The Balaban J connectivity index is 1.58. The number of anilines is 2. The van der Waals surface area contributed by atoms with Crippen LogP contribution in [-0.4, -0.2) is 43.2 Å². The Labute approximate surface area is 165 Å². The van der Waals surface area contributed by atoms with Crippen LogP contribution in [0.25, 0.3) is 10.8 Å². The number of carbonyl (C=O) groups excluding carboxylic acids is 2. The van der Waals surface area contributed by atoms with Crippen LogP contribution in [0.3, 0.4) is 0 Å². The van der Waals surface area contributed by atoms with E-state index in [1.54, 1.807) is 5.38 Å². The molecule has 0 fully saturated rings. The van der Waals surface area contributed by atoms with E-state index in [1.165, 1.54) is 18.4 Å². The highest BCUT2D eigenvalue weighted by molar-refractivity contribution is 7.14. The highest BCUT2D eigenvalue weighted by Crippen LogP contribution is 2.22. The lowest BCUT2D eigenvalue weighted by atomic mass is 10.1. The predicted molar refractivity (Wildman–Crippen MR) is 111 cm³/mol. The van der Waals surface area contributed by atoms with Crippen molar-refractivity contribution in [3.05, 3.63) is 53.5 Å². The lowest BCUT2D eigenvalue weighted by Crippen LogP contribution is -2.35. The number of aromatic nitrogens is 1. The van der Waals surface area contributed by atoms with Crippen molar-refractivity contribution in [2.75, 3.05) is 30.8 Å². The molecule has 3 N–H and O–H groups in total. The van der Waals surface area contributed by atoms with Crippen molar-refractivity contribution in [3.8, 4) is 0 Å². The Morgan fingerprint density at radius 1 is 1.21 bits per heavy atom. The monoisotopic (exact) mass is 397 g/mol. The van der Waals surface area contributed by atoms with Crippen molar-refractivity contribution < 1.29 is 14.4 Å². The lowest BCUT2D eigenvalue weighted by molar-refractivity contribution is -0.114. The van der Waals surface area contributed by atoms with Gasteiger partial charge in [0.15, 0.2) is 10.8 Å². The summed E-state index contributed by atoms with van der Waals surface area (Å²) in [6.45, 7) is 0.920. The summed E-state index contributed by atoms with van der Waals surface area (Å²) in [4.78, 5) is 31.8. The van der Waals surface area contributed by atoms with Gasteiger partial charge in [-0.3, -0.25) is 9.59 Å². The van der Waals surface area contributed by atoms with E-state index in [9.17, 15) is 9.59 Å². The standard InChI is InChI=1S/C19H19N5O3S/c1-27-24-17(16-11-28-19(23-16)22-12-25)18(26)21-10-9-20-15-8-4-6-13-5-2-3-7-14(13)15/h2-8,11-12,20H,9-10H2,1H3,(H,21,26)(H,22,23,25)/b24-17+. The van der Waals surface area contributed by atoms with Crippen LogP contribution in [0, 0.1) is 0 Å². The van der Waals surface area contributed by atoms with E-state index < -0.39 is 5.91 Å². The van der Waals surface area contributed by atoms with Crippen molar-refractivity contribution in [3.63, 3.8) is 0 Å². The number of hydrogen-bond donors (Lipinski definition) is 3. The molecule has 0 aliphatic heterocycles. The average Bonchev–Trinajstić information content (AvgIpc) is 3.18. The molecule has 1 aromatic heterocycles. The van der Waals surface area contributed by atoms with E-state index in [1.807, 2.05) is 30.3 Å². The van der Waals surface area contributed by atoms with Gasteiger partial charge in [-0.15, -0.1) is 11.3 Å². The molecule has 0 radical (unpaired) electrons. The number of oxime groups is 1. The maximum Gasteiger partial charge on any atom is 0.275 e. The number of thiazole rings is 1. The zero-order valence-electron chi connectivity index (χ0n) is 15.1. The molecular weight excluding hydrogens is 378 g/mol. The SMILES string of the molecule is CO/N=C(/C(=O)NCCNc1cccc2ccccc12)c1csc(NC=O)n1. The number of carbonyl (C=O) groups is 2. The zero-order chi connectivity index (χ0) is 19.8. The fourth-order valence-electron chi connectivity index (χ4n) is 2.63. The molecule has 28 heavy (non-hydrogen) atoms. The molecule has 8 nitrogen and oxygen atoms in total. The summed E-state index contributed by atoms with van der Waals surface area (Å²) in [5, 5.41) is 16.6. The van der Waals surface area contributed by atoms with Gasteiger partial charge in [0.05, 0.1) is 0 Å². The van der Waals surface area contributed by atoms with Gasteiger partial charge in [0.25, 0.3) is 5.91 Å². The van der Waals surface area contributed by atoms with Crippen LogP contribution in [-0.2, 0) is 14.4 Å². The van der Waals surface area contributed by atoms with Crippen LogP contribution in [0.15, 0.2) is 53.0 Å². The highest BCUT2D eigenvalue weighted by Gasteiger charge is 2.18. The number of fused-ring (bicyclic) bond motifs is 1. The van der Waals surface area contributed by atoms with Crippen LogP contribution in [0.1, 0.15) is 5.69 Å². The van der Waals surface area contributed by atoms with Gasteiger partial charge in [-0.05, 0) is 11.5 Å². The third-order valence-electron chi connectivity index (χ3n) is 3.84. The Morgan fingerprint density at radius 2 is 2.04 bits per heavy atom. The van der Waals surface area contributed by atoms with E-state index in [2.05, 4.69) is 38.2 Å². The Hall–Kier alpha value is -3.46. The number of benzene rings is 2. The molecule has 0 unspecified atom stereocenters. The maximum absolute atomic E-state index is 12.4. The Morgan fingerprint density at radius 3 is 2.86 bits per heavy atom. The number of nitrogens with zero attached hydrogens (tertiary/aromatic N) is 2. The second kappa shape index (κ2) is 9.47. The lowest BCUT2D eigenvalue weighted by Gasteiger charge is -2.11. The minimum absolute atomic E-state index is 0.0443. The van der Waals surface area contributed by atoms with Gasteiger partial charge in [-0.1, -0.05) is 41.6 Å². The molecule has 3 aromatic rings. The summed E-state index contributed by atoms with van der Waals surface area (Å²) in [6, 6.07) is 14.1. The molecule has 0 aliphatic carbocycles. The van der Waals surface area contributed by atoms with Crippen molar-refractivity contribution in [2.24, 2.45) is 5.16 Å². The summed E-state index contributed by atoms with van der Waals surface area (Å²) in [5.41, 5.74) is 1.38. The first kappa shape index (κ1) is 19.3. The van der Waals surface area contributed by atoms with Crippen molar-refractivity contribution in [1.82, 2.24) is 10.3 Å². The van der Waals surface area contributed by atoms with Crippen molar-refractivity contribution in [2.45, 2.75) is 0 Å². The number of hydrogen-bond acceptors (Lipinski definition) is 7. The molecule has 0 bridgehead atoms. The fourth-order valence-corrected chi connectivity index (χ4v) is 3.29. The molecule has 2 amide bonds. The Kier molecular flexibility index (Phi) is 6.53. The smallest absolute Gasteiger partial charge is 0.275 e. The third-order valence-corrected chi connectivity index (χ3v) is 4.62. The molecule has 0 saturated heterocycles. The minimum Gasteiger partial charge on any atom is -0.398 e. The Bertz CT molecular complexity index is 997. The molecule has 2 aromatic carbocycles. The van der Waals surface area contributed by atoms with E-state index in [-0.39, 0.29) is 5.71 Å². The van der Waals surface area contributed by atoms with Crippen LogP contribution in [0.2, 0.25) is 0 Å². The largest absolute Gasteiger partial charge is 0.398 e. The molecule has 3 rings (SSSR count). The van der Waals surface area contributed by atoms with Crippen LogP contribution in [0.5, 0.6) is 0 Å². The van der Waals surface area contributed by atoms with E-state index in [0.717, 1.165) is 16.5 Å². The van der Waals surface area contributed by atoms with Crippen molar-refractivity contribution in [1.29, 1.82) is 0 Å². The summed E-state index contributed by atoms with van der Waals surface area (Å²) in [5.74, 6) is -0.412. The summed E-state index contributed by atoms with van der Waals surface area (Å²) >= 11 is 1.19. The molecule has 0 atom stereocenters. The number of nitrogens with one attached hydrogen (secondary N) is 3. The summed E-state index contributed by atoms with van der Waals surface area (Å²) < 4.78 is 0. The second-order valence-corrected chi connectivity index (χ2v) is 6.49. The average molecular weight is 397 g/mol. The first-order valence-electron chi connectivity index (χ1n) is 8.50. The van der Waals surface area contributed by atoms with Gasteiger partial charge in [0.2, 0.25) is 6.41 Å². The predicted octanol–water partition coefficient (Wildman–Crippen LogP) is 2.44. The van der Waals surface area contributed by atoms with Crippen molar-refractivity contribution >= 4 is 51.0 Å². The molecule has 0 aliphatic rings. The molecule has 0 spiro atoms. The van der Waals surface area contributed by atoms with Crippen LogP contribution in [0.4, 0.5) is 10.8 Å². The molecule has 1 heterocycles. The zero-order valence-corrected chi connectivity index (χ0v) is 16.0. The molecule has 9 heteroatoms. The number of amides is 2. The van der Waals surface area contributed by atoms with E-state index >= 15 is 0 Å². The minimum atomic E-state index is -0.412.